The fourth-order valence-electron chi connectivity index (χ4n) is 1.59. The number of anilines is 1. The molecular formula is C11H14N2. The van der Waals surface area contributed by atoms with E-state index in [1.807, 2.05) is 12.1 Å². The summed E-state index contributed by atoms with van der Waals surface area (Å²) in [6.07, 6.45) is 5.33. The van der Waals surface area contributed by atoms with Crippen molar-refractivity contribution in [3.63, 3.8) is 0 Å². The van der Waals surface area contributed by atoms with Crippen molar-refractivity contribution >= 4 is 11.8 Å². The average molecular weight is 174 g/mol. The van der Waals surface area contributed by atoms with Gasteiger partial charge in [0.15, 0.2) is 0 Å². The zero-order valence-electron chi connectivity index (χ0n) is 7.53. The van der Waals surface area contributed by atoms with Gasteiger partial charge in [0.2, 0.25) is 0 Å². The zero-order chi connectivity index (χ0) is 9.10. The number of nitrogens with one attached hydrogen (secondary N) is 1. The van der Waals surface area contributed by atoms with Crippen LogP contribution in [0.4, 0.5) is 5.69 Å². The smallest absolute Gasteiger partial charge is 0.0459 e. The Morgan fingerprint density at radius 1 is 1.31 bits per heavy atom. The van der Waals surface area contributed by atoms with Gasteiger partial charge >= 0.3 is 0 Å². The standard InChI is InChI=1S/C11H14N2/c12-8-7-10-6-5-9-3-1-2-4-11(9)13-10/h1-6,10,13H,7-8,12H2. The molecule has 3 N–H and O–H groups in total. The van der Waals surface area contributed by atoms with Gasteiger partial charge in [-0.3, -0.25) is 0 Å². The van der Waals surface area contributed by atoms with Gasteiger partial charge in [-0.2, -0.15) is 0 Å². The van der Waals surface area contributed by atoms with Crippen LogP contribution in [0.5, 0.6) is 0 Å². The molecule has 0 spiro atoms. The van der Waals surface area contributed by atoms with Gasteiger partial charge in [-0.05, 0) is 24.6 Å². The van der Waals surface area contributed by atoms with Crippen molar-refractivity contribution < 1.29 is 0 Å². The van der Waals surface area contributed by atoms with E-state index >= 15 is 0 Å². The molecule has 13 heavy (non-hydrogen) atoms. The summed E-state index contributed by atoms with van der Waals surface area (Å²) in [5.41, 5.74) is 7.98. The van der Waals surface area contributed by atoms with E-state index in [1.165, 1.54) is 11.3 Å². The molecular weight excluding hydrogens is 160 g/mol. The van der Waals surface area contributed by atoms with Crippen molar-refractivity contribution in [1.82, 2.24) is 0 Å². The Kier molecular flexibility index (Phi) is 2.32. The Balaban J connectivity index is 2.19. The highest BCUT2D eigenvalue weighted by molar-refractivity contribution is 5.70. The molecule has 0 amide bonds. The van der Waals surface area contributed by atoms with Crippen molar-refractivity contribution in [1.29, 1.82) is 0 Å². The molecule has 1 atom stereocenters. The van der Waals surface area contributed by atoms with Crippen molar-refractivity contribution in [2.24, 2.45) is 5.73 Å². The molecule has 1 aliphatic heterocycles. The molecule has 1 aliphatic rings. The van der Waals surface area contributed by atoms with E-state index in [-0.39, 0.29) is 0 Å². The third kappa shape index (κ3) is 1.73. The van der Waals surface area contributed by atoms with Crippen LogP contribution in [-0.4, -0.2) is 12.6 Å². The van der Waals surface area contributed by atoms with Crippen LogP contribution in [0.2, 0.25) is 0 Å². The molecule has 0 aromatic heterocycles. The number of benzene rings is 1. The fourth-order valence-corrected chi connectivity index (χ4v) is 1.59. The Hall–Kier alpha value is -1.28. The minimum absolute atomic E-state index is 0.403. The highest BCUT2D eigenvalue weighted by Crippen LogP contribution is 2.22. The van der Waals surface area contributed by atoms with Gasteiger partial charge < -0.3 is 11.1 Å². The highest BCUT2D eigenvalue weighted by atomic mass is 14.9. The molecule has 0 fully saturated rings. The van der Waals surface area contributed by atoms with E-state index < -0.39 is 0 Å². The summed E-state index contributed by atoms with van der Waals surface area (Å²) in [7, 11) is 0. The second-order valence-corrected chi connectivity index (χ2v) is 3.27. The molecule has 2 nitrogen and oxygen atoms in total. The third-order valence-corrected chi connectivity index (χ3v) is 2.29. The second kappa shape index (κ2) is 3.62. The quantitative estimate of drug-likeness (QED) is 0.718. The van der Waals surface area contributed by atoms with Crippen molar-refractivity contribution in [2.75, 3.05) is 11.9 Å². The van der Waals surface area contributed by atoms with E-state index in [1.54, 1.807) is 0 Å². The predicted molar refractivity (Wildman–Crippen MR) is 56.6 cm³/mol. The van der Waals surface area contributed by atoms with Crippen LogP contribution in [0.25, 0.3) is 6.08 Å². The van der Waals surface area contributed by atoms with Crippen LogP contribution in [0.15, 0.2) is 30.3 Å². The molecule has 1 heterocycles. The number of fused-ring (bicyclic) bond motifs is 1. The first kappa shape index (κ1) is 8.32. The SMILES string of the molecule is NCCC1C=Cc2ccccc2N1. The lowest BCUT2D eigenvalue weighted by molar-refractivity contribution is 0.769. The molecule has 0 radical (unpaired) electrons. The van der Waals surface area contributed by atoms with E-state index in [0.717, 1.165) is 13.0 Å². The molecule has 2 rings (SSSR count). The molecule has 2 heteroatoms. The molecule has 1 aromatic rings. The van der Waals surface area contributed by atoms with Crippen molar-refractivity contribution in [3.8, 4) is 0 Å². The van der Waals surface area contributed by atoms with Crippen molar-refractivity contribution in [3.05, 3.63) is 35.9 Å². The van der Waals surface area contributed by atoms with Gasteiger partial charge in [-0.1, -0.05) is 30.4 Å². The van der Waals surface area contributed by atoms with Crippen molar-refractivity contribution in [2.45, 2.75) is 12.5 Å². The number of rotatable bonds is 2. The third-order valence-electron chi connectivity index (χ3n) is 2.29. The summed E-state index contributed by atoms with van der Waals surface area (Å²) < 4.78 is 0. The second-order valence-electron chi connectivity index (χ2n) is 3.27. The van der Waals surface area contributed by atoms with E-state index in [4.69, 9.17) is 5.73 Å². The minimum Gasteiger partial charge on any atom is -0.378 e. The Labute approximate surface area is 78.5 Å². The molecule has 0 saturated carbocycles. The lowest BCUT2D eigenvalue weighted by Gasteiger charge is -2.21. The topological polar surface area (TPSA) is 38.0 Å². The first-order chi connectivity index (χ1) is 6.40. The van der Waals surface area contributed by atoms with Crippen LogP contribution in [0.1, 0.15) is 12.0 Å². The molecule has 0 aliphatic carbocycles. The lowest BCUT2D eigenvalue weighted by Crippen LogP contribution is -2.23. The maximum Gasteiger partial charge on any atom is 0.0459 e. The molecule has 1 aromatic carbocycles. The first-order valence-electron chi connectivity index (χ1n) is 4.64. The Morgan fingerprint density at radius 3 is 3.00 bits per heavy atom. The number of hydrogen-bond acceptors (Lipinski definition) is 2. The van der Waals surface area contributed by atoms with Crippen LogP contribution in [0, 0.1) is 0 Å². The first-order valence-corrected chi connectivity index (χ1v) is 4.64. The van der Waals surface area contributed by atoms with Gasteiger partial charge in [-0.25, -0.2) is 0 Å². The van der Waals surface area contributed by atoms with Crippen LogP contribution in [0.3, 0.4) is 0 Å². The summed E-state index contributed by atoms with van der Waals surface area (Å²) in [4.78, 5) is 0. The molecule has 0 bridgehead atoms. The highest BCUT2D eigenvalue weighted by Gasteiger charge is 2.09. The van der Waals surface area contributed by atoms with Gasteiger partial charge in [0.1, 0.15) is 0 Å². The summed E-state index contributed by atoms with van der Waals surface area (Å²) in [5.74, 6) is 0. The van der Waals surface area contributed by atoms with Crippen LogP contribution >= 0.6 is 0 Å². The van der Waals surface area contributed by atoms with Gasteiger partial charge in [-0.15, -0.1) is 0 Å². The fraction of sp³-hybridized carbons (Fsp3) is 0.273. The summed E-state index contributed by atoms with van der Waals surface area (Å²) >= 11 is 0. The molecule has 68 valence electrons. The minimum atomic E-state index is 0.403. The van der Waals surface area contributed by atoms with Gasteiger partial charge in [0, 0.05) is 11.7 Å². The van der Waals surface area contributed by atoms with E-state index in [2.05, 4.69) is 29.6 Å². The number of hydrogen-bond donors (Lipinski definition) is 2. The monoisotopic (exact) mass is 174 g/mol. The lowest BCUT2D eigenvalue weighted by atomic mass is 10.0. The maximum absolute atomic E-state index is 5.51. The summed E-state index contributed by atoms with van der Waals surface area (Å²) in [6.45, 7) is 0.726. The van der Waals surface area contributed by atoms with E-state index in [0.29, 0.717) is 6.04 Å². The Morgan fingerprint density at radius 2 is 2.15 bits per heavy atom. The maximum atomic E-state index is 5.51. The summed E-state index contributed by atoms with van der Waals surface area (Å²) in [5, 5.41) is 3.43. The number of para-hydroxylation sites is 1. The largest absolute Gasteiger partial charge is 0.378 e. The van der Waals surface area contributed by atoms with Gasteiger partial charge in [0.25, 0.3) is 0 Å². The van der Waals surface area contributed by atoms with E-state index in [9.17, 15) is 0 Å². The Bertz CT molecular complexity index is 318. The van der Waals surface area contributed by atoms with Crippen LogP contribution in [-0.2, 0) is 0 Å². The number of nitrogens with two attached hydrogens (primary N) is 1. The van der Waals surface area contributed by atoms with Crippen LogP contribution < -0.4 is 11.1 Å². The predicted octanol–water partition coefficient (Wildman–Crippen LogP) is 1.84. The zero-order valence-corrected chi connectivity index (χ0v) is 7.53. The average Bonchev–Trinajstić information content (AvgIpc) is 2.18. The molecule has 0 saturated heterocycles. The summed E-state index contributed by atoms with van der Waals surface area (Å²) in [6, 6.07) is 8.71. The van der Waals surface area contributed by atoms with Gasteiger partial charge in [0.05, 0.1) is 0 Å². The molecule has 1 unspecified atom stereocenters. The normalized spacial score (nSPS) is 19.3.